The summed E-state index contributed by atoms with van der Waals surface area (Å²) in [7, 11) is 0. The molecule has 7 nitrogen and oxygen atoms in total. The molecule has 3 aromatic carbocycles. The van der Waals surface area contributed by atoms with Crippen LogP contribution in [0.3, 0.4) is 0 Å². The van der Waals surface area contributed by atoms with Gasteiger partial charge in [0.1, 0.15) is 12.2 Å². The maximum atomic E-state index is 12.3. The Hall–Kier alpha value is -4.54. The molecule has 6 rings (SSSR count). The van der Waals surface area contributed by atoms with Gasteiger partial charge in [-0.05, 0) is 43.9 Å². The minimum atomic E-state index is -0.879. The monoisotopic (exact) mass is 506 g/mol. The zero-order chi connectivity index (χ0) is 26.5. The van der Waals surface area contributed by atoms with E-state index in [9.17, 15) is 20.3 Å². The van der Waals surface area contributed by atoms with Crippen molar-refractivity contribution in [3.05, 3.63) is 101 Å². The van der Waals surface area contributed by atoms with Crippen molar-refractivity contribution in [3.8, 4) is 23.5 Å². The van der Waals surface area contributed by atoms with Crippen LogP contribution in [-0.2, 0) is 32.1 Å². The topological polar surface area (TPSA) is 105 Å². The number of hydrogen-bond donors (Lipinski definition) is 2. The summed E-state index contributed by atoms with van der Waals surface area (Å²) in [6.45, 7) is 2.10. The van der Waals surface area contributed by atoms with Crippen LogP contribution in [0.25, 0.3) is 16.5 Å². The van der Waals surface area contributed by atoms with Gasteiger partial charge in [-0.15, -0.1) is 0 Å². The quantitative estimate of drug-likeness (QED) is 0.252. The number of rotatable bonds is 6. The molecule has 0 radical (unpaired) electrons. The largest absolute Gasteiger partial charge is 0.494 e. The number of hydrogen-bond acceptors (Lipinski definition) is 6. The van der Waals surface area contributed by atoms with Crippen molar-refractivity contribution in [2.75, 3.05) is 0 Å². The van der Waals surface area contributed by atoms with Gasteiger partial charge in [0.05, 0.1) is 34.0 Å². The van der Waals surface area contributed by atoms with Crippen molar-refractivity contribution in [1.29, 1.82) is 5.26 Å². The Morgan fingerprint density at radius 3 is 2.50 bits per heavy atom. The molecule has 0 spiro atoms. The Labute approximate surface area is 219 Å². The SMILES string of the molecule is C[C@]12CC[C@](CC=CC(=O)OCc3ccccc3)(O1)c1c2c(O)n(-c2ccc(C#N)c3ccccc23)c1O. The standard InChI is InChI=1S/C31H26N2O5/c1-30-16-17-31(38-30,15-7-12-25(34)37-19-20-8-3-2-4-9-20)27-26(30)28(35)33(29(27)36)24-14-13-21(18-32)22-10-5-6-11-23(22)24/h2-14,35-36H,15-17,19H2,1H3/t30-,31+/m1/s1. The molecule has 1 aromatic heterocycles. The summed E-state index contributed by atoms with van der Waals surface area (Å²) in [4.78, 5) is 12.3. The molecule has 2 bridgehead atoms. The minimum absolute atomic E-state index is 0.0808. The van der Waals surface area contributed by atoms with Crippen LogP contribution in [0.4, 0.5) is 0 Å². The molecule has 1 fully saturated rings. The molecule has 2 atom stereocenters. The first-order valence-electron chi connectivity index (χ1n) is 12.5. The van der Waals surface area contributed by atoms with Crippen molar-refractivity contribution in [2.24, 2.45) is 0 Å². The third-order valence-electron chi connectivity index (χ3n) is 7.72. The highest BCUT2D eigenvalue weighted by Gasteiger charge is 2.61. The number of nitriles is 1. The summed E-state index contributed by atoms with van der Waals surface area (Å²) >= 11 is 0. The first-order valence-corrected chi connectivity index (χ1v) is 12.5. The van der Waals surface area contributed by atoms with Gasteiger partial charge in [-0.3, -0.25) is 4.57 Å². The van der Waals surface area contributed by atoms with Crippen LogP contribution in [0.15, 0.2) is 78.9 Å². The van der Waals surface area contributed by atoms with E-state index in [2.05, 4.69) is 6.07 Å². The fourth-order valence-electron chi connectivity index (χ4n) is 5.98. The molecule has 0 unspecified atom stereocenters. The summed E-state index contributed by atoms with van der Waals surface area (Å²) in [6.07, 6.45) is 4.72. The minimum Gasteiger partial charge on any atom is -0.494 e. The Morgan fingerprint density at radius 1 is 1.03 bits per heavy atom. The molecular weight excluding hydrogens is 480 g/mol. The lowest BCUT2D eigenvalue weighted by Gasteiger charge is -2.24. The van der Waals surface area contributed by atoms with Crippen LogP contribution in [0.1, 0.15) is 48.4 Å². The number of fused-ring (bicyclic) bond motifs is 6. The van der Waals surface area contributed by atoms with E-state index in [1.807, 2.05) is 61.5 Å². The second-order valence-electron chi connectivity index (χ2n) is 10.0. The fraction of sp³-hybridized carbons (Fsp3) is 0.226. The number of nitrogens with zero attached hydrogens (tertiary/aromatic N) is 2. The first kappa shape index (κ1) is 23.8. The Morgan fingerprint density at radius 2 is 1.74 bits per heavy atom. The molecule has 1 saturated heterocycles. The average molecular weight is 507 g/mol. The summed E-state index contributed by atoms with van der Waals surface area (Å²) in [6, 6.07) is 22.5. The van der Waals surface area contributed by atoms with E-state index in [4.69, 9.17) is 9.47 Å². The third-order valence-corrected chi connectivity index (χ3v) is 7.72. The number of ether oxygens (including phenoxy) is 2. The molecule has 3 heterocycles. The lowest BCUT2D eigenvalue weighted by molar-refractivity contribution is -0.139. The lowest BCUT2D eigenvalue weighted by atomic mass is 9.78. The molecule has 38 heavy (non-hydrogen) atoms. The van der Waals surface area contributed by atoms with Gasteiger partial charge in [0, 0.05) is 16.8 Å². The van der Waals surface area contributed by atoms with E-state index < -0.39 is 17.2 Å². The average Bonchev–Trinajstić information content (AvgIpc) is 3.51. The van der Waals surface area contributed by atoms with Gasteiger partial charge in [0.15, 0.2) is 0 Å². The molecule has 0 aliphatic carbocycles. The zero-order valence-electron chi connectivity index (χ0n) is 20.8. The number of carbonyl (C=O) groups excluding carboxylic acids is 1. The number of aromatic nitrogens is 1. The predicted molar refractivity (Wildman–Crippen MR) is 141 cm³/mol. The lowest BCUT2D eigenvalue weighted by Crippen LogP contribution is -2.22. The highest BCUT2D eigenvalue weighted by Crippen LogP contribution is 2.65. The van der Waals surface area contributed by atoms with E-state index in [0.29, 0.717) is 41.6 Å². The van der Waals surface area contributed by atoms with Crippen LogP contribution in [-0.4, -0.2) is 20.7 Å². The van der Waals surface area contributed by atoms with Crippen LogP contribution in [0.2, 0.25) is 0 Å². The second kappa shape index (κ2) is 8.79. The van der Waals surface area contributed by atoms with Gasteiger partial charge in [0.25, 0.3) is 0 Å². The van der Waals surface area contributed by atoms with Crippen molar-refractivity contribution in [2.45, 2.75) is 44.0 Å². The van der Waals surface area contributed by atoms with Crippen LogP contribution in [0, 0.1) is 11.3 Å². The van der Waals surface area contributed by atoms with Crippen LogP contribution in [0.5, 0.6) is 11.8 Å². The maximum absolute atomic E-state index is 12.3. The third kappa shape index (κ3) is 3.57. The molecule has 0 amide bonds. The van der Waals surface area contributed by atoms with E-state index in [1.165, 1.54) is 10.6 Å². The van der Waals surface area contributed by atoms with Crippen molar-refractivity contribution >= 4 is 16.7 Å². The fourth-order valence-corrected chi connectivity index (χ4v) is 5.98. The van der Waals surface area contributed by atoms with Crippen molar-refractivity contribution in [1.82, 2.24) is 4.57 Å². The molecule has 7 heteroatoms. The highest BCUT2D eigenvalue weighted by atomic mass is 16.5. The summed E-state index contributed by atoms with van der Waals surface area (Å²) in [5.41, 5.74) is 1.44. The smallest absolute Gasteiger partial charge is 0.330 e. The molecule has 2 aliphatic heterocycles. The number of esters is 1. The maximum Gasteiger partial charge on any atom is 0.330 e. The molecule has 2 aliphatic rings. The van der Waals surface area contributed by atoms with Gasteiger partial charge >= 0.3 is 5.97 Å². The highest BCUT2D eigenvalue weighted by molar-refractivity contribution is 5.95. The first-order chi connectivity index (χ1) is 18.4. The van der Waals surface area contributed by atoms with E-state index in [0.717, 1.165) is 16.3 Å². The van der Waals surface area contributed by atoms with Gasteiger partial charge in [-0.2, -0.15) is 5.26 Å². The van der Waals surface area contributed by atoms with Gasteiger partial charge < -0.3 is 19.7 Å². The van der Waals surface area contributed by atoms with Crippen molar-refractivity contribution in [3.63, 3.8) is 0 Å². The van der Waals surface area contributed by atoms with E-state index in [-0.39, 0.29) is 18.4 Å². The number of aromatic hydroxyl groups is 2. The zero-order valence-corrected chi connectivity index (χ0v) is 20.8. The van der Waals surface area contributed by atoms with Gasteiger partial charge in [-0.25, -0.2) is 4.79 Å². The number of benzene rings is 3. The normalized spacial score (nSPS) is 21.6. The molecule has 0 saturated carbocycles. The van der Waals surface area contributed by atoms with E-state index in [1.54, 1.807) is 18.2 Å². The number of carbonyl (C=O) groups is 1. The molecule has 190 valence electrons. The predicted octanol–water partition coefficient (Wildman–Crippen LogP) is 5.84. The summed E-state index contributed by atoms with van der Waals surface area (Å²) in [5, 5.41) is 34.0. The van der Waals surface area contributed by atoms with Gasteiger partial charge in [-0.1, -0.05) is 60.7 Å². The van der Waals surface area contributed by atoms with Crippen molar-refractivity contribution < 1.29 is 24.5 Å². The van der Waals surface area contributed by atoms with Crippen LogP contribution < -0.4 is 0 Å². The molecular formula is C31H26N2O5. The Bertz CT molecular complexity index is 1650. The van der Waals surface area contributed by atoms with E-state index >= 15 is 0 Å². The van der Waals surface area contributed by atoms with Gasteiger partial charge in [0.2, 0.25) is 11.8 Å². The second-order valence-corrected chi connectivity index (χ2v) is 10.0. The Kier molecular flexibility index (Phi) is 5.51. The molecule has 4 aromatic rings. The Balaban J connectivity index is 1.34. The summed E-state index contributed by atoms with van der Waals surface area (Å²) in [5.74, 6) is -0.642. The molecule has 2 N–H and O–H groups in total. The van der Waals surface area contributed by atoms with Crippen LogP contribution >= 0.6 is 0 Å². The summed E-state index contributed by atoms with van der Waals surface area (Å²) < 4.78 is 13.2.